The van der Waals surface area contributed by atoms with Crippen LogP contribution in [0, 0.1) is 11.8 Å². The van der Waals surface area contributed by atoms with E-state index in [1.54, 1.807) is 65.6 Å². The molecule has 5 rings (SSSR count). The summed E-state index contributed by atoms with van der Waals surface area (Å²) in [7, 11) is 1.50. The molecule has 11 nitrogen and oxygen atoms in total. The van der Waals surface area contributed by atoms with E-state index in [1.165, 1.54) is 12.0 Å². The number of benzene rings is 2. The van der Waals surface area contributed by atoms with Crippen molar-refractivity contribution in [2.24, 2.45) is 11.8 Å². The van der Waals surface area contributed by atoms with Gasteiger partial charge in [0.2, 0.25) is 11.8 Å². The number of esters is 1. The van der Waals surface area contributed by atoms with E-state index in [9.17, 15) is 24.3 Å². The second kappa shape index (κ2) is 17.3. The minimum Gasteiger partial charge on any atom is -0.455 e. The normalized spacial score (nSPS) is 25.9. The number of carbonyl (C=O) groups is 4. The van der Waals surface area contributed by atoms with Gasteiger partial charge in [0.15, 0.2) is 0 Å². The van der Waals surface area contributed by atoms with Crippen molar-refractivity contribution in [2.75, 3.05) is 38.3 Å². The van der Waals surface area contributed by atoms with Crippen molar-refractivity contribution >= 4 is 56.9 Å². The number of likely N-dealkylation sites (tertiary alicyclic amines) is 1. The summed E-state index contributed by atoms with van der Waals surface area (Å²) in [6, 6.07) is 14.0. The molecule has 3 saturated heterocycles. The Hall–Kier alpha value is -3.55. The van der Waals surface area contributed by atoms with Crippen molar-refractivity contribution in [1.82, 2.24) is 10.2 Å². The van der Waals surface area contributed by atoms with Gasteiger partial charge in [0.1, 0.15) is 17.7 Å². The Bertz CT molecular complexity index is 1580. The molecule has 0 aliphatic carbocycles. The van der Waals surface area contributed by atoms with Crippen LogP contribution in [0.2, 0.25) is 5.02 Å². The number of unbranched alkanes of at least 4 members (excludes halogenated alkanes) is 1. The molecule has 1 unspecified atom stereocenters. The molecule has 3 heterocycles. The summed E-state index contributed by atoms with van der Waals surface area (Å²) < 4.78 is 18.5. The SMILES string of the molecule is C=CCCC(=O)N[C@H](COC)[C@H](OC(=O)[C@@H]1[C@H]2O[C@@]3(CC2Br)[C@H](C(=O)N(CC=C)c2ccc(Cl)cc2)N(CCCCO)C(=O)[C@@H]13)c1ccccc1. The number of hydrogen-bond acceptors (Lipinski definition) is 8. The number of alkyl halides is 1. The molecule has 1 spiro atoms. The average Bonchev–Trinajstić information content (AvgIpc) is 3.72. The van der Waals surface area contributed by atoms with Crippen LogP contribution >= 0.6 is 27.5 Å². The van der Waals surface area contributed by atoms with Crippen LogP contribution < -0.4 is 10.2 Å². The Morgan fingerprint density at radius 1 is 1.16 bits per heavy atom. The molecule has 3 aliphatic heterocycles. The molecule has 8 atom stereocenters. The molecule has 3 aliphatic rings. The topological polar surface area (TPSA) is 135 Å². The van der Waals surface area contributed by atoms with Gasteiger partial charge in [0, 0.05) is 48.8 Å². The zero-order valence-electron chi connectivity index (χ0n) is 28.6. The van der Waals surface area contributed by atoms with Gasteiger partial charge in [-0.1, -0.05) is 70.0 Å². The molecule has 2 N–H and O–H groups in total. The van der Waals surface area contributed by atoms with E-state index in [1.807, 2.05) is 6.07 Å². The lowest BCUT2D eigenvalue weighted by atomic mass is 9.70. The number of halogens is 2. The van der Waals surface area contributed by atoms with Crippen LogP contribution in [0.25, 0.3) is 0 Å². The van der Waals surface area contributed by atoms with Crippen LogP contribution in [0.1, 0.15) is 43.8 Å². The van der Waals surface area contributed by atoms with Gasteiger partial charge in [-0.3, -0.25) is 19.2 Å². The lowest BCUT2D eigenvalue weighted by Crippen LogP contribution is -2.57. The largest absolute Gasteiger partial charge is 0.455 e. The van der Waals surface area contributed by atoms with Crippen molar-refractivity contribution in [2.45, 2.75) is 66.8 Å². The van der Waals surface area contributed by atoms with Gasteiger partial charge in [-0.25, -0.2) is 0 Å². The van der Waals surface area contributed by atoms with Crippen molar-refractivity contribution in [3.63, 3.8) is 0 Å². The van der Waals surface area contributed by atoms with Crippen molar-refractivity contribution < 1.29 is 38.5 Å². The van der Waals surface area contributed by atoms with Crippen molar-refractivity contribution in [3.8, 4) is 0 Å². The summed E-state index contributed by atoms with van der Waals surface area (Å²) in [5.74, 6) is -3.76. The number of amides is 3. The fraction of sp³-hybridized carbons (Fsp3) is 0.474. The number of nitrogens with zero attached hydrogens (tertiary/aromatic N) is 2. The van der Waals surface area contributed by atoms with Gasteiger partial charge in [-0.15, -0.1) is 13.2 Å². The predicted molar refractivity (Wildman–Crippen MR) is 196 cm³/mol. The molecular weight excluding hydrogens is 742 g/mol. The molecule has 13 heteroatoms. The molecule has 2 aromatic carbocycles. The van der Waals surface area contributed by atoms with Gasteiger partial charge < -0.3 is 34.4 Å². The quantitative estimate of drug-likeness (QED) is 0.0957. The van der Waals surface area contributed by atoms with E-state index in [2.05, 4.69) is 34.4 Å². The first-order chi connectivity index (χ1) is 24.6. The minimum absolute atomic E-state index is 0.0453. The van der Waals surface area contributed by atoms with Gasteiger partial charge in [0.25, 0.3) is 5.91 Å². The number of nitrogens with one attached hydrogen (secondary N) is 1. The van der Waals surface area contributed by atoms with Gasteiger partial charge in [0.05, 0.1) is 30.6 Å². The van der Waals surface area contributed by atoms with Crippen LogP contribution in [0.15, 0.2) is 79.9 Å². The highest BCUT2D eigenvalue weighted by Gasteiger charge is 2.77. The number of aliphatic hydroxyl groups is 1. The molecule has 0 saturated carbocycles. The Labute approximate surface area is 312 Å². The third-order valence-electron chi connectivity index (χ3n) is 9.82. The van der Waals surface area contributed by atoms with E-state index < -0.39 is 47.7 Å². The molecule has 0 aromatic heterocycles. The highest BCUT2D eigenvalue weighted by molar-refractivity contribution is 9.09. The third kappa shape index (κ3) is 7.95. The summed E-state index contributed by atoms with van der Waals surface area (Å²) in [5.41, 5.74) is -0.143. The number of allylic oxidation sites excluding steroid dienone is 1. The number of carbonyl (C=O) groups excluding carboxylic acids is 4. The van der Waals surface area contributed by atoms with E-state index >= 15 is 0 Å². The Morgan fingerprint density at radius 2 is 1.88 bits per heavy atom. The summed E-state index contributed by atoms with van der Waals surface area (Å²) in [6.45, 7) is 7.84. The summed E-state index contributed by atoms with van der Waals surface area (Å²) in [4.78, 5) is 59.4. The smallest absolute Gasteiger partial charge is 0.313 e. The summed E-state index contributed by atoms with van der Waals surface area (Å²) in [5, 5.41) is 13.0. The van der Waals surface area contributed by atoms with E-state index in [-0.39, 0.29) is 55.3 Å². The third-order valence-corrected chi connectivity index (χ3v) is 10.9. The molecule has 3 fully saturated rings. The van der Waals surface area contributed by atoms with Crippen LogP contribution in [-0.4, -0.2) is 95.7 Å². The monoisotopic (exact) mass is 785 g/mol. The van der Waals surface area contributed by atoms with Gasteiger partial charge >= 0.3 is 5.97 Å². The standard InChI is InChI=1S/C38H45BrClN3O8/c1-4-6-14-29(45)41-28(23-49-3)32(24-12-8-7-9-13-24)50-37(48)30-31-35(46)43(20-10-11-21-44)34(38(31)22-27(39)33(30)51-38)36(47)42(19-5-2)26-17-15-25(40)16-18-26/h4-5,7-9,12-13,15-18,27-28,30-34,44H,1-2,6,10-11,14,19-23H2,3H3,(H,41,45)/t27?,28-,30+,31-,32-,33+,34+,38-/m1/s1. The molecule has 0 radical (unpaired) electrons. The maximum Gasteiger partial charge on any atom is 0.313 e. The molecule has 274 valence electrons. The fourth-order valence-electron chi connectivity index (χ4n) is 7.66. The van der Waals surface area contributed by atoms with Crippen LogP contribution in [-0.2, 0) is 33.4 Å². The number of hydrogen-bond donors (Lipinski definition) is 2. The Morgan fingerprint density at radius 3 is 2.53 bits per heavy atom. The van der Waals surface area contributed by atoms with Crippen LogP contribution in [0.5, 0.6) is 0 Å². The first-order valence-corrected chi connectivity index (χ1v) is 18.5. The average molecular weight is 787 g/mol. The Balaban J connectivity index is 1.51. The lowest BCUT2D eigenvalue weighted by Gasteiger charge is -2.37. The maximum atomic E-state index is 14.7. The van der Waals surface area contributed by atoms with Gasteiger partial charge in [-0.05, 0) is 55.5 Å². The first kappa shape index (κ1) is 38.7. The number of fused-ring (bicyclic) bond motifs is 1. The van der Waals surface area contributed by atoms with E-state index in [0.29, 0.717) is 42.0 Å². The zero-order chi connectivity index (χ0) is 36.7. The minimum atomic E-state index is -1.34. The molecule has 2 bridgehead atoms. The second-order valence-corrected chi connectivity index (χ2v) is 14.7. The van der Waals surface area contributed by atoms with E-state index in [4.69, 9.17) is 25.8 Å². The van der Waals surface area contributed by atoms with Crippen LogP contribution in [0.4, 0.5) is 5.69 Å². The van der Waals surface area contributed by atoms with Crippen LogP contribution in [0.3, 0.4) is 0 Å². The second-order valence-electron chi connectivity index (χ2n) is 13.1. The van der Waals surface area contributed by atoms with Crippen molar-refractivity contribution in [3.05, 3.63) is 90.5 Å². The highest BCUT2D eigenvalue weighted by atomic mass is 79.9. The fourth-order valence-corrected chi connectivity index (χ4v) is 8.73. The number of anilines is 1. The number of aliphatic hydroxyl groups excluding tert-OH is 1. The van der Waals surface area contributed by atoms with Crippen molar-refractivity contribution in [1.29, 1.82) is 0 Å². The van der Waals surface area contributed by atoms with Gasteiger partial charge in [-0.2, -0.15) is 0 Å². The van der Waals surface area contributed by atoms with E-state index in [0.717, 1.165) is 0 Å². The highest BCUT2D eigenvalue weighted by Crippen LogP contribution is 2.60. The summed E-state index contributed by atoms with van der Waals surface area (Å²) >= 11 is 9.88. The molecule has 2 aromatic rings. The zero-order valence-corrected chi connectivity index (χ0v) is 31.0. The predicted octanol–water partition coefficient (Wildman–Crippen LogP) is 4.76. The number of methoxy groups -OCH3 is 1. The first-order valence-electron chi connectivity index (χ1n) is 17.2. The lowest BCUT2D eigenvalue weighted by molar-refractivity contribution is -0.163. The molecular formula is C38H45BrClN3O8. The Kier molecular flexibility index (Phi) is 13.1. The molecule has 51 heavy (non-hydrogen) atoms. The maximum absolute atomic E-state index is 14.7. The summed E-state index contributed by atoms with van der Waals surface area (Å²) in [6.07, 6.45) is 3.36. The molecule has 3 amide bonds. The number of ether oxygens (including phenoxy) is 3. The number of rotatable bonds is 18.